The molecule has 0 aliphatic carbocycles. The van der Waals surface area contributed by atoms with Gasteiger partial charge in [0.05, 0.1) is 27.4 Å². The maximum Gasteiger partial charge on any atom is 0.164 e. The highest BCUT2D eigenvalue weighted by Gasteiger charge is 2.17. The minimum atomic E-state index is -0.623. The van der Waals surface area contributed by atoms with Crippen molar-refractivity contribution in [3.63, 3.8) is 0 Å². The summed E-state index contributed by atoms with van der Waals surface area (Å²) in [7, 11) is 4.67. The lowest BCUT2D eigenvalue weighted by molar-refractivity contribution is 0.170. The number of ether oxygens (including phenoxy) is 3. The van der Waals surface area contributed by atoms with Crippen LogP contribution < -0.4 is 14.2 Å². The maximum absolute atomic E-state index is 9.99. The molecule has 0 aliphatic heterocycles. The summed E-state index contributed by atoms with van der Waals surface area (Å²) >= 11 is 4.10. The van der Waals surface area contributed by atoms with Crippen LogP contribution in [0, 0.1) is 0 Å². The van der Waals surface area contributed by atoms with Gasteiger partial charge in [0.2, 0.25) is 0 Å². The first-order valence-corrected chi connectivity index (χ1v) is 5.90. The van der Waals surface area contributed by atoms with Crippen molar-refractivity contribution >= 4 is 12.6 Å². The normalized spacial score (nSPS) is 12.1. The molecule has 1 aromatic carbocycles. The van der Waals surface area contributed by atoms with E-state index in [-0.39, 0.29) is 0 Å². The second kappa shape index (κ2) is 6.61. The van der Waals surface area contributed by atoms with Gasteiger partial charge in [0, 0.05) is 11.6 Å². The summed E-state index contributed by atoms with van der Waals surface area (Å²) in [6.45, 7) is 0. The van der Waals surface area contributed by atoms with Crippen LogP contribution >= 0.6 is 12.6 Å². The third-order valence-electron chi connectivity index (χ3n) is 2.50. The molecule has 4 nitrogen and oxygen atoms in total. The lowest BCUT2D eigenvalue weighted by atomic mass is 10.1. The van der Waals surface area contributed by atoms with Crippen LogP contribution in [0.2, 0.25) is 0 Å². The van der Waals surface area contributed by atoms with Crippen molar-refractivity contribution in [3.05, 3.63) is 17.7 Å². The Morgan fingerprint density at radius 3 is 2.06 bits per heavy atom. The number of methoxy groups -OCH3 is 3. The zero-order chi connectivity index (χ0) is 12.8. The summed E-state index contributed by atoms with van der Waals surface area (Å²) in [4.78, 5) is 0. The van der Waals surface area contributed by atoms with Crippen LogP contribution in [-0.4, -0.2) is 32.2 Å². The van der Waals surface area contributed by atoms with Crippen molar-refractivity contribution in [1.82, 2.24) is 0 Å². The highest BCUT2D eigenvalue weighted by Crippen LogP contribution is 2.38. The molecule has 0 spiro atoms. The molecule has 0 amide bonds. The first-order valence-electron chi connectivity index (χ1n) is 5.26. The Labute approximate surface area is 107 Å². The molecule has 17 heavy (non-hydrogen) atoms. The Morgan fingerprint density at radius 2 is 1.59 bits per heavy atom. The minimum Gasteiger partial charge on any atom is -0.496 e. The molecule has 0 bridgehead atoms. The van der Waals surface area contributed by atoms with Gasteiger partial charge < -0.3 is 19.3 Å². The van der Waals surface area contributed by atoms with Crippen LogP contribution in [0.15, 0.2) is 12.1 Å². The topological polar surface area (TPSA) is 47.9 Å². The van der Waals surface area contributed by atoms with E-state index in [4.69, 9.17) is 14.2 Å². The Morgan fingerprint density at radius 1 is 1.06 bits per heavy atom. The Kier molecular flexibility index (Phi) is 5.44. The molecule has 0 saturated heterocycles. The molecule has 96 valence electrons. The van der Waals surface area contributed by atoms with E-state index in [0.29, 0.717) is 35.0 Å². The number of hydrogen-bond acceptors (Lipinski definition) is 5. The third-order valence-corrected chi connectivity index (χ3v) is 2.76. The Bertz CT molecular complexity index is 368. The molecule has 1 aromatic rings. The molecule has 0 fully saturated rings. The Balaban J connectivity index is 3.18. The number of benzene rings is 1. The van der Waals surface area contributed by atoms with Gasteiger partial charge in [-0.25, -0.2) is 0 Å². The molecule has 0 radical (unpaired) electrons. The number of aliphatic hydroxyl groups excluding tert-OH is 1. The second-order valence-corrected chi connectivity index (χ2v) is 3.92. The zero-order valence-electron chi connectivity index (χ0n) is 10.3. The molecule has 0 heterocycles. The van der Waals surface area contributed by atoms with Crippen molar-refractivity contribution in [3.8, 4) is 17.2 Å². The summed E-state index contributed by atoms with van der Waals surface area (Å²) in [5, 5.41) is 9.99. The van der Waals surface area contributed by atoms with Crippen molar-refractivity contribution in [2.75, 3.05) is 27.1 Å². The standard InChI is InChI=1S/C12H18O4S/c1-14-10-7-12(16-3)11(15-2)6-8(10)9(13)4-5-17/h6-7,9,13,17H,4-5H2,1-3H3. The van der Waals surface area contributed by atoms with Crippen LogP contribution in [-0.2, 0) is 0 Å². The second-order valence-electron chi connectivity index (χ2n) is 3.48. The van der Waals surface area contributed by atoms with Gasteiger partial charge in [-0.3, -0.25) is 0 Å². The summed E-state index contributed by atoms with van der Waals surface area (Å²) in [6, 6.07) is 3.43. The Hall–Kier alpha value is -1.07. The van der Waals surface area contributed by atoms with Crippen molar-refractivity contribution < 1.29 is 19.3 Å². The van der Waals surface area contributed by atoms with E-state index in [1.54, 1.807) is 33.5 Å². The molecular weight excluding hydrogens is 240 g/mol. The van der Waals surface area contributed by atoms with Gasteiger partial charge >= 0.3 is 0 Å². The van der Waals surface area contributed by atoms with Gasteiger partial charge in [-0.2, -0.15) is 12.6 Å². The van der Waals surface area contributed by atoms with Crippen molar-refractivity contribution in [1.29, 1.82) is 0 Å². The molecule has 1 rings (SSSR count). The van der Waals surface area contributed by atoms with Gasteiger partial charge in [-0.1, -0.05) is 0 Å². The van der Waals surface area contributed by atoms with Crippen LogP contribution in [0.4, 0.5) is 0 Å². The molecule has 1 atom stereocenters. The molecular formula is C12H18O4S. The summed E-state index contributed by atoms with van der Waals surface area (Å²) < 4.78 is 15.6. The van der Waals surface area contributed by atoms with E-state index < -0.39 is 6.10 Å². The molecule has 1 unspecified atom stereocenters. The fourth-order valence-corrected chi connectivity index (χ4v) is 1.84. The van der Waals surface area contributed by atoms with E-state index >= 15 is 0 Å². The summed E-state index contributed by atoms with van der Waals surface area (Å²) in [6.07, 6.45) is -0.0724. The van der Waals surface area contributed by atoms with Crippen LogP contribution in [0.5, 0.6) is 17.2 Å². The van der Waals surface area contributed by atoms with E-state index in [2.05, 4.69) is 12.6 Å². The first kappa shape index (κ1) is 14.0. The lowest BCUT2D eigenvalue weighted by Crippen LogP contribution is -2.03. The van der Waals surface area contributed by atoms with E-state index in [9.17, 15) is 5.11 Å². The fourth-order valence-electron chi connectivity index (χ4n) is 1.59. The number of hydrogen-bond donors (Lipinski definition) is 2. The van der Waals surface area contributed by atoms with Crippen molar-refractivity contribution in [2.45, 2.75) is 12.5 Å². The molecule has 5 heteroatoms. The molecule has 0 aromatic heterocycles. The van der Waals surface area contributed by atoms with E-state index in [1.807, 2.05) is 0 Å². The first-order chi connectivity index (χ1) is 8.17. The average molecular weight is 258 g/mol. The third kappa shape index (κ3) is 3.20. The number of thiol groups is 1. The average Bonchev–Trinajstić information content (AvgIpc) is 2.37. The highest BCUT2D eigenvalue weighted by atomic mass is 32.1. The zero-order valence-corrected chi connectivity index (χ0v) is 11.2. The molecule has 1 N–H and O–H groups in total. The lowest BCUT2D eigenvalue weighted by Gasteiger charge is -2.17. The molecule has 0 aliphatic rings. The van der Waals surface area contributed by atoms with Crippen LogP contribution in [0.3, 0.4) is 0 Å². The van der Waals surface area contributed by atoms with Crippen LogP contribution in [0.25, 0.3) is 0 Å². The quantitative estimate of drug-likeness (QED) is 0.767. The van der Waals surface area contributed by atoms with Crippen LogP contribution in [0.1, 0.15) is 18.1 Å². The van der Waals surface area contributed by atoms with Gasteiger partial charge in [0.25, 0.3) is 0 Å². The fraction of sp³-hybridized carbons (Fsp3) is 0.500. The minimum absolute atomic E-state index is 0.551. The smallest absolute Gasteiger partial charge is 0.164 e. The number of rotatable bonds is 6. The van der Waals surface area contributed by atoms with E-state index in [1.165, 1.54) is 0 Å². The monoisotopic (exact) mass is 258 g/mol. The number of aliphatic hydroxyl groups is 1. The van der Waals surface area contributed by atoms with Gasteiger partial charge in [-0.15, -0.1) is 0 Å². The van der Waals surface area contributed by atoms with Crippen molar-refractivity contribution in [2.24, 2.45) is 0 Å². The predicted molar refractivity (Wildman–Crippen MR) is 69.5 cm³/mol. The highest BCUT2D eigenvalue weighted by molar-refractivity contribution is 7.80. The van der Waals surface area contributed by atoms with Gasteiger partial charge in [0.15, 0.2) is 11.5 Å². The summed E-state index contributed by atoms with van der Waals surface area (Å²) in [5.74, 6) is 2.32. The maximum atomic E-state index is 9.99. The predicted octanol–water partition coefficient (Wildman–Crippen LogP) is 2.07. The van der Waals surface area contributed by atoms with Gasteiger partial charge in [-0.05, 0) is 18.2 Å². The summed E-state index contributed by atoms with van der Waals surface area (Å²) in [5.41, 5.74) is 0.680. The SMILES string of the molecule is COc1cc(OC)c(C(O)CCS)cc1OC. The van der Waals surface area contributed by atoms with E-state index in [0.717, 1.165) is 0 Å². The molecule has 0 saturated carbocycles. The largest absolute Gasteiger partial charge is 0.496 e. The van der Waals surface area contributed by atoms with Gasteiger partial charge in [0.1, 0.15) is 5.75 Å².